The van der Waals surface area contributed by atoms with Crippen molar-refractivity contribution in [3.8, 4) is 0 Å². The van der Waals surface area contributed by atoms with E-state index in [1.165, 1.54) is 5.69 Å². The van der Waals surface area contributed by atoms with E-state index in [1.807, 2.05) is 45.7 Å². The first-order valence-electron chi connectivity index (χ1n) is 10.6. The molecule has 0 N–H and O–H groups in total. The summed E-state index contributed by atoms with van der Waals surface area (Å²) >= 11 is 0. The van der Waals surface area contributed by atoms with Gasteiger partial charge in [0.2, 0.25) is 11.8 Å². The van der Waals surface area contributed by atoms with Crippen LogP contribution in [0.3, 0.4) is 0 Å². The normalized spacial score (nSPS) is 19.2. The molecule has 0 saturated carbocycles. The highest BCUT2D eigenvalue weighted by Gasteiger charge is 2.33. The lowest BCUT2D eigenvalue weighted by Crippen LogP contribution is -2.52. The average molecular weight is 396 g/mol. The monoisotopic (exact) mass is 395 g/mol. The Balaban J connectivity index is 1.31. The second-order valence-electron chi connectivity index (χ2n) is 8.05. The largest absolute Gasteiger partial charge is 0.339 e. The fourth-order valence-electron chi connectivity index (χ4n) is 4.43. The van der Waals surface area contributed by atoms with Gasteiger partial charge >= 0.3 is 0 Å². The Bertz CT molecular complexity index is 898. The van der Waals surface area contributed by atoms with Gasteiger partial charge in [0.05, 0.1) is 17.8 Å². The first kappa shape index (κ1) is 19.6. The number of aromatic nitrogens is 3. The van der Waals surface area contributed by atoms with E-state index in [-0.39, 0.29) is 17.7 Å². The molecular weight excluding hydrogens is 366 g/mol. The molecule has 7 heteroatoms. The number of hydrogen-bond acceptors (Lipinski definition) is 4. The molecule has 2 aliphatic rings. The lowest BCUT2D eigenvalue weighted by molar-refractivity contribution is -0.142. The number of aryl methyl sites for hydroxylation is 2. The van der Waals surface area contributed by atoms with E-state index in [0.29, 0.717) is 39.0 Å². The Labute approximate surface area is 171 Å². The molecule has 2 amide bonds. The number of carbonyl (C=O) groups is 2. The molecule has 0 bridgehead atoms. The second-order valence-corrected chi connectivity index (χ2v) is 8.05. The average Bonchev–Trinajstić information content (AvgIpc) is 3.17. The molecule has 2 heterocycles. The summed E-state index contributed by atoms with van der Waals surface area (Å²) in [7, 11) is 0. The summed E-state index contributed by atoms with van der Waals surface area (Å²) in [6.45, 7) is 7.37. The number of hydrogen-bond donors (Lipinski definition) is 0. The molecule has 1 aliphatic carbocycles. The Morgan fingerprint density at radius 2 is 1.83 bits per heavy atom. The highest BCUT2D eigenvalue weighted by Crippen LogP contribution is 2.26. The van der Waals surface area contributed by atoms with Crippen LogP contribution in [0.4, 0.5) is 0 Å². The maximum Gasteiger partial charge on any atom is 0.227 e. The highest BCUT2D eigenvalue weighted by molar-refractivity contribution is 5.81. The van der Waals surface area contributed by atoms with Gasteiger partial charge in [0.15, 0.2) is 0 Å². The molecule has 1 saturated heterocycles. The highest BCUT2D eigenvalue weighted by atomic mass is 16.2. The van der Waals surface area contributed by atoms with Crippen molar-refractivity contribution in [3.05, 3.63) is 46.8 Å². The third-order valence-corrected chi connectivity index (χ3v) is 6.28. The molecule has 154 valence electrons. The van der Waals surface area contributed by atoms with Crippen LogP contribution in [0, 0.1) is 12.8 Å². The van der Waals surface area contributed by atoms with Gasteiger partial charge in [0.1, 0.15) is 0 Å². The van der Waals surface area contributed by atoms with Gasteiger partial charge in [0.25, 0.3) is 0 Å². The number of amides is 2. The third kappa shape index (κ3) is 4.04. The molecule has 2 aromatic rings. The van der Waals surface area contributed by atoms with E-state index in [9.17, 15) is 9.59 Å². The van der Waals surface area contributed by atoms with E-state index in [0.717, 1.165) is 36.2 Å². The SMILES string of the molecule is CCn1nnc2c1CCC(C(=O)N1CCN(C(=O)Cc3ccccc3C)CC1)C2. The number of rotatable bonds is 4. The van der Waals surface area contributed by atoms with Crippen molar-refractivity contribution in [1.29, 1.82) is 0 Å². The minimum Gasteiger partial charge on any atom is -0.339 e. The van der Waals surface area contributed by atoms with Gasteiger partial charge in [-0.15, -0.1) is 5.10 Å². The van der Waals surface area contributed by atoms with E-state index in [1.54, 1.807) is 0 Å². The van der Waals surface area contributed by atoms with Crippen LogP contribution >= 0.6 is 0 Å². The van der Waals surface area contributed by atoms with Crippen LogP contribution in [0.1, 0.15) is 35.9 Å². The molecule has 1 aliphatic heterocycles. The second kappa shape index (κ2) is 8.35. The molecule has 29 heavy (non-hydrogen) atoms. The summed E-state index contributed by atoms with van der Waals surface area (Å²) in [6, 6.07) is 8.01. The van der Waals surface area contributed by atoms with Crippen molar-refractivity contribution in [2.24, 2.45) is 5.92 Å². The number of piperazine rings is 1. The minimum absolute atomic E-state index is 0.0151. The van der Waals surface area contributed by atoms with Crippen LogP contribution in [0.2, 0.25) is 0 Å². The van der Waals surface area contributed by atoms with Crippen LogP contribution < -0.4 is 0 Å². The van der Waals surface area contributed by atoms with Crippen molar-refractivity contribution >= 4 is 11.8 Å². The third-order valence-electron chi connectivity index (χ3n) is 6.28. The lowest BCUT2D eigenvalue weighted by atomic mass is 9.88. The molecule has 1 unspecified atom stereocenters. The van der Waals surface area contributed by atoms with Crippen LogP contribution in [0.5, 0.6) is 0 Å². The smallest absolute Gasteiger partial charge is 0.227 e. The van der Waals surface area contributed by atoms with Gasteiger partial charge in [-0.3, -0.25) is 9.59 Å². The summed E-state index contributed by atoms with van der Waals surface area (Å²) in [6.07, 6.45) is 2.83. The maximum absolute atomic E-state index is 13.0. The summed E-state index contributed by atoms with van der Waals surface area (Å²) in [5.74, 6) is 0.330. The standard InChI is InChI=1S/C22H29N5O2/c1-3-27-20-9-8-18(14-19(20)23-24-27)22(29)26-12-10-25(11-13-26)21(28)15-17-7-5-4-6-16(17)2/h4-7,18H,3,8-15H2,1-2H3. The molecule has 1 atom stereocenters. The van der Waals surface area contributed by atoms with Gasteiger partial charge in [-0.1, -0.05) is 29.5 Å². The van der Waals surface area contributed by atoms with Gasteiger partial charge in [-0.05, 0) is 37.8 Å². The number of benzene rings is 1. The van der Waals surface area contributed by atoms with Gasteiger partial charge < -0.3 is 9.80 Å². The zero-order valence-corrected chi connectivity index (χ0v) is 17.3. The molecule has 7 nitrogen and oxygen atoms in total. The van der Waals surface area contributed by atoms with Crippen LogP contribution in [0.15, 0.2) is 24.3 Å². The first-order valence-corrected chi connectivity index (χ1v) is 10.6. The van der Waals surface area contributed by atoms with Crippen LogP contribution in [-0.4, -0.2) is 62.8 Å². The fourth-order valence-corrected chi connectivity index (χ4v) is 4.43. The molecule has 1 aromatic carbocycles. The van der Waals surface area contributed by atoms with Crippen molar-refractivity contribution in [2.45, 2.75) is 46.1 Å². The molecule has 1 aromatic heterocycles. The summed E-state index contributed by atoms with van der Waals surface area (Å²) in [4.78, 5) is 29.5. The zero-order chi connectivity index (χ0) is 20.4. The van der Waals surface area contributed by atoms with Crippen LogP contribution in [-0.2, 0) is 35.4 Å². The maximum atomic E-state index is 13.0. The van der Waals surface area contributed by atoms with Crippen LogP contribution in [0.25, 0.3) is 0 Å². The van der Waals surface area contributed by atoms with Crippen molar-refractivity contribution in [2.75, 3.05) is 26.2 Å². The predicted octanol–water partition coefficient (Wildman–Crippen LogP) is 1.62. The Morgan fingerprint density at radius 1 is 1.10 bits per heavy atom. The number of carbonyl (C=O) groups excluding carboxylic acids is 2. The van der Waals surface area contributed by atoms with E-state index < -0.39 is 0 Å². The van der Waals surface area contributed by atoms with Gasteiger partial charge in [-0.25, -0.2) is 4.68 Å². The fraction of sp³-hybridized carbons (Fsp3) is 0.545. The molecular formula is C22H29N5O2. The van der Waals surface area contributed by atoms with Crippen molar-refractivity contribution in [3.63, 3.8) is 0 Å². The first-order chi connectivity index (χ1) is 14.1. The lowest BCUT2D eigenvalue weighted by Gasteiger charge is -2.37. The molecule has 0 radical (unpaired) electrons. The summed E-state index contributed by atoms with van der Waals surface area (Å²) in [5.41, 5.74) is 4.38. The van der Waals surface area contributed by atoms with E-state index in [4.69, 9.17) is 0 Å². The molecule has 0 spiro atoms. The topological polar surface area (TPSA) is 71.3 Å². The van der Waals surface area contributed by atoms with E-state index >= 15 is 0 Å². The number of fused-ring (bicyclic) bond motifs is 1. The predicted molar refractivity (Wildman–Crippen MR) is 109 cm³/mol. The zero-order valence-electron chi connectivity index (χ0n) is 17.3. The van der Waals surface area contributed by atoms with Gasteiger partial charge in [0, 0.05) is 45.1 Å². The van der Waals surface area contributed by atoms with Crippen molar-refractivity contribution < 1.29 is 9.59 Å². The number of nitrogens with zero attached hydrogens (tertiary/aromatic N) is 5. The van der Waals surface area contributed by atoms with Gasteiger partial charge in [-0.2, -0.15) is 0 Å². The minimum atomic E-state index is -0.0151. The molecule has 4 rings (SSSR count). The Hall–Kier alpha value is -2.70. The quantitative estimate of drug-likeness (QED) is 0.789. The van der Waals surface area contributed by atoms with E-state index in [2.05, 4.69) is 17.2 Å². The Kier molecular flexibility index (Phi) is 5.65. The molecule has 1 fully saturated rings. The summed E-state index contributed by atoms with van der Waals surface area (Å²) < 4.78 is 1.94. The Morgan fingerprint density at radius 3 is 2.55 bits per heavy atom. The van der Waals surface area contributed by atoms with Crippen molar-refractivity contribution in [1.82, 2.24) is 24.8 Å². The summed E-state index contributed by atoms with van der Waals surface area (Å²) in [5, 5.41) is 8.47.